The molecule has 17 heavy (non-hydrogen) atoms. The van der Waals surface area contributed by atoms with E-state index in [1.165, 1.54) is 13.0 Å². The Balaban J connectivity index is 2.24. The van der Waals surface area contributed by atoms with Gasteiger partial charge in [-0.15, -0.1) is 0 Å². The van der Waals surface area contributed by atoms with Crippen LogP contribution in [0, 0.1) is 12.7 Å². The molecule has 1 fully saturated rings. The van der Waals surface area contributed by atoms with E-state index in [0.29, 0.717) is 5.56 Å². The number of halogens is 3. The van der Waals surface area contributed by atoms with Gasteiger partial charge in [-0.05, 0) is 24.6 Å². The lowest BCUT2D eigenvalue weighted by Crippen LogP contribution is -2.58. The molecule has 0 atom stereocenters. The van der Waals surface area contributed by atoms with Crippen LogP contribution in [0.1, 0.15) is 15.9 Å². The van der Waals surface area contributed by atoms with Crippen LogP contribution in [0.2, 0.25) is 0 Å². The highest BCUT2D eigenvalue weighted by atomic mass is 19.3. The Morgan fingerprint density at radius 2 is 2.00 bits per heavy atom. The van der Waals surface area contributed by atoms with Gasteiger partial charge in [-0.3, -0.25) is 4.79 Å². The molecule has 0 unspecified atom stereocenters. The molecule has 92 valence electrons. The SMILES string of the molecule is Cc1cc(F)c(N)cc1C(=O)N1CC(F)(F)C1. The Labute approximate surface area is 96.0 Å². The normalized spacial score (nSPS) is 17.8. The van der Waals surface area contributed by atoms with Crippen molar-refractivity contribution < 1.29 is 18.0 Å². The van der Waals surface area contributed by atoms with Crippen molar-refractivity contribution in [3.63, 3.8) is 0 Å². The number of likely N-dealkylation sites (tertiary alicyclic amines) is 1. The first-order valence-electron chi connectivity index (χ1n) is 5.03. The van der Waals surface area contributed by atoms with Gasteiger partial charge >= 0.3 is 0 Å². The van der Waals surface area contributed by atoms with E-state index < -0.39 is 30.7 Å². The summed E-state index contributed by atoms with van der Waals surface area (Å²) in [4.78, 5) is 12.8. The molecule has 1 aliphatic heterocycles. The van der Waals surface area contributed by atoms with E-state index in [1.807, 2.05) is 0 Å². The summed E-state index contributed by atoms with van der Waals surface area (Å²) in [6.45, 7) is 0.346. The van der Waals surface area contributed by atoms with E-state index in [4.69, 9.17) is 5.73 Å². The summed E-state index contributed by atoms with van der Waals surface area (Å²) in [6.07, 6.45) is 0. The van der Waals surface area contributed by atoms with Gasteiger partial charge in [-0.2, -0.15) is 0 Å². The highest BCUT2D eigenvalue weighted by Crippen LogP contribution is 2.29. The largest absolute Gasteiger partial charge is 0.396 e. The number of carbonyl (C=O) groups excluding carboxylic acids is 1. The second-order valence-electron chi connectivity index (χ2n) is 4.21. The van der Waals surface area contributed by atoms with Gasteiger partial charge in [0, 0.05) is 5.56 Å². The lowest BCUT2D eigenvalue weighted by molar-refractivity contribution is -0.113. The number of nitrogens with zero attached hydrogens (tertiary/aromatic N) is 1. The summed E-state index contributed by atoms with van der Waals surface area (Å²) in [7, 11) is 0. The fourth-order valence-electron chi connectivity index (χ4n) is 1.75. The maximum absolute atomic E-state index is 13.1. The predicted octanol–water partition coefficient (Wildman–Crippen LogP) is 1.81. The molecule has 0 radical (unpaired) electrons. The van der Waals surface area contributed by atoms with Crippen LogP contribution < -0.4 is 5.73 Å². The molecule has 0 bridgehead atoms. The molecule has 3 nitrogen and oxygen atoms in total. The van der Waals surface area contributed by atoms with Crippen molar-refractivity contribution in [3.8, 4) is 0 Å². The minimum Gasteiger partial charge on any atom is -0.396 e. The minimum absolute atomic E-state index is 0.161. The fraction of sp³-hybridized carbons (Fsp3) is 0.364. The first kappa shape index (κ1) is 11.8. The van der Waals surface area contributed by atoms with Crippen LogP contribution in [0.4, 0.5) is 18.9 Å². The highest BCUT2D eigenvalue weighted by Gasteiger charge is 2.46. The predicted molar refractivity (Wildman–Crippen MR) is 56.4 cm³/mol. The molecule has 1 aromatic carbocycles. The van der Waals surface area contributed by atoms with Crippen LogP contribution in [0.5, 0.6) is 0 Å². The third-order valence-corrected chi connectivity index (χ3v) is 2.71. The van der Waals surface area contributed by atoms with Crippen molar-refractivity contribution in [3.05, 3.63) is 29.1 Å². The van der Waals surface area contributed by atoms with Crippen LogP contribution in [-0.4, -0.2) is 29.8 Å². The summed E-state index contributed by atoms with van der Waals surface area (Å²) in [5.41, 5.74) is 5.74. The van der Waals surface area contributed by atoms with E-state index in [9.17, 15) is 18.0 Å². The van der Waals surface area contributed by atoms with Gasteiger partial charge < -0.3 is 10.6 Å². The van der Waals surface area contributed by atoms with Crippen LogP contribution in [0.3, 0.4) is 0 Å². The van der Waals surface area contributed by atoms with Gasteiger partial charge in [-0.1, -0.05) is 0 Å². The summed E-state index contributed by atoms with van der Waals surface area (Å²) in [5, 5.41) is 0. The van der Waals surface area contributed by atoms with E-state index >= 15 is 0 Å². The zero-order chi connectivity index (χ0) is 12.8. The third kappa shape index (κ3) is 2.07. The lowest BCUT2D eigenvalue weighted by atomic mass is 10.0. The highest BCUT2D eigenvalue weighted by molar-refractivity contribution is 5.97. The van der Waals surface area contributed by atoms with Crippen molar-refractivity contribution in [1.82, 2.24) is 4.90 Å². The quantitative estimate of drug-likeness (QED) is 0.766. The Kier molecular flexibility index (Phi) is 2.52. The fourth-order valence-corrected chi connectivity index (χ4v) is 1.75. The van der Waals surface area contributed by atoms with Crippen molar-refractivity contribution in [2.45, 2.75) is 12.8 Å². The average molecular weight is 244 g/mol. The second kappa shape index (κ2) is 3.65. The smallest absolute Gasteiger partial charge is 0.282 e. The van der Waals surface area contributed by atoms with Gasteiger partial charge in [0.25, 0.3) is 11.8 Å². The maximum atomic E-state index is 13.1. The number of carbonyl (C=O) groups is 1. The number of hydrogen-bond donors (Lipinski definition) is 1. The molecule has 0 spiro atoms. The summed E-state index contributed by atoms with van der Waals surface area (Å²) in [5.74, 6) is -3.97. The Bertz CT molecular complexity index is 480. The van der Waals surface area contributed by atoms with E-state index in [-0.39, 0.29) is 11.3 Å². The molecule has 2 N–H and O–H groups in total. The van der Waals surface area contributed by atoms with Crippen LogP contribution in [-0.2, 0) is 0 Å². The third-order valence-electron chi connectivity index (χ3n) is 2.71. The monoisotopic (exact) mass is 244 g/mol. The molecule has 0 saturated carbocycles. The second-order valence-corrected chi connectivity index (χ2v) is 4.21. The molecular weight excluding hydrogens is 233 g/mol. The molecule has 1 aliphatic rings. The molecular formula is C11H11F3N2O. The number of hydrogen-bond acceptors (Lipinski definition) is 2. The lowest BCUT2D eigenvalue weighted by Gasteiger charge is -2.38. The van der Waals surface area contributed by atoms with E-state index in [0.717, 1.165) is 11.0 Å². The van der Waals surface area contributed by atoms with Gasteiger partial charge in [0.2, 0.25) is 0 Å². The summed E-state index contributed by atoms with van der Waals surface area (Å²) < 4.78 is 38.3. The van der Waals surface area contributed by atoms with Crippen LogP contribution in [0.15, 0.2) is 12.1 Å². The standard InChI is InChI=1S/C11H11F3N2O/c1-6-2-8(12)9(15)3-7(6)10(17)16-4-11(13,14)5-16/h2-3H,4-5,15H2,1H3. The number of amides is 1. The minimum atomic E-state index is -2.81. The molecule has 1 saturated heterocycles. The number of nitrogen functional groups attached to an aromatic ring is 1. The zero-order valence-electron chi connectivity index (χ0n) is 9.14. The van der Waals surface area contributed by atoms with E-state index in [2.05, 4.69) is 0 Å². The molecule has 0 aliphatic carbocycles. The first-order valence-corrected chi connectivity index (χ1v) is 5.03. The number of alkyl halides is 2. The number of anilines is 1. The van der Waals surface area contributed by atoms with Crippen LogP contribution >= 0.6 is 0 Å². The average Bonchev–Trinajstić information content (AvgIpc) is 2.19. The zero-order valence-corrected chi connectivity index (χ0v) is 9.14. The van der Waals surface area contributed by atoms with Gasteiger partial charge in [0.05, 0.1) is 18.8 Å². The van der Waals surface area contributed by atoms with Crippen molar-refractivity contribution in [2.24, 2.45) is 0 Å². The summed E-state index contributed by atoms with van der Waals surface area (Å²) >= 11 is 0. The molecule has 6 heteroatoms. The molecule has 1 amide bonds. The Morgan fingerprint density at radius 3 is 2.53 bits per heavy atom. The number of nitrogens with two attached hydrogens (primary N) is 1. The van der Waals surface area contributed by atoms with E-state index in [1.54, 1.807) is 0 Å². The van der Waals surface area contributed by atoms with Gasteiger partial charge in [0.1, 0.15) is 5.82 Å². The number of benzene rings is 1. The van der Waals surface area contributed by atoms with Crippen molar-refractivity contribution in [2.75, 3.05) is 18.8 Å². The molecule has 2 rings (SSSR count). The topological polar surface area (TPSA) is 46.3 Å². The summed E-state index contributed by atoms with van der Waals surface area (Å²) in [6, 6.07) is 2.31. The Hall–Kier alpha value is -1.72. The molecule has 0 aromatic heterocycles. The maximum Gasteiger partial charge on any atom is 0.282 e. The van der Waals surface area contributed by atoms with Crippen molar-refractivity contribution in [1.29, 1.82) is 0 Å². The van der Waals surface area contributed by atoms with Crippen LogP contribution in [0.25, 0.3) is 0 Å². The number of rotatable bonds is 1. The molecule has 1 aromatic rings. The Morgan fingerprint density at radius 1 is 1.41 bits per heavy atom. The van der Waals surface area contributed by atoms with Gasteiger partial charge in [0.15, 0.2) is 0 Å². The first-order chi connectivity index (χ1) is 7.80. The van der Waals surface area contributed by atoms with Gasteiger partial charge in [-0.25, -0.2) is 13.2 Å². The molecule has 1 heterocycles. The number of aryl methyl sites for hydroxylation is 1. The van der Waals surface area contributed by atoms with Crippen molar-refractivity contribution >= 4 is 11.6 Å².